The fraction of sp³-hybridized carbons (Fsp3) is 0.520. The summed E-state index contributed by atoms with van der Waals surface area (Å²) in [5.41, 5.74) is 4.53. The fourth-order valence-corrected chi connectivity index (χ4v) is 5.91. The Hall–Kier alpha value is -2.38. The Morgan fingerprint density at radius 2 is 1.86 bits per heavy atom. The van der Waals surface area contributed by atoms with Crippen LogP contribution in [-0.2, 0) is 13.1 Å². The van der Waals surface area contributed by atoms with Gasteiger partial charge in [0.25, 0.3) is 5.56 Å². The van der Waals surface area contributed by atoms with Crippen molar-refractivity contribution in [1.82, 2.24) is 9.47 Å². The first-order valence-corrected chi connectivity index (χ1v) is 11.2. The van der Waals surface area contributed by atoms with Crippen LogP contribution in [0.5, 0.6) is 0 Å². The van der Waals surface area contributed by atoms with Crippen LogP contribution in [0.4, 0.5) is 0 Å². The van der Waals surface area contributed by atoms with Crippen molar-refractivity contribution in [3.8, 4) is 6.07 Å². The zero-order valence-electron chi connectivity index (χ0n) is 17.0. The number of nitrogens with zero attached hydrogens (tertiary/aromatic N) is 3. The first-order valence-electron chi connectivity index (χ1n) is 11.2. The van der Waals surface area contributed by atoms with E-state index in [1.165, 1.54) is 49.8 Å². The van der Waals surface area contributed by atoms with E-state index in [1.54, 1.807) is 0 Å². The molecule has 2 fully saturated rings. The lowest BCUT2D eigenvalue weighted by atomic mass is 9.81. The number of pyridine rings is 1. The van der Waals surface area contributed by atoms with Gasteiger partial charge < -0.3 is 4.57 Å². The fourth-order valence-electron chi connectivity index (χ4n) is 5.91. The number of benzene rings is 1. The lowest BCUT2D eigenvalue weighted by molar-refractivity contribution is 0.114. The van der Waals surface area contributed by atoms with E-state index >= 15 is 0 Å². The number of nitriles is 1. The monoisotopic (exact) mass is 387 g/mol. The second-order valence-electron chi connectivity index (χ2n) is 9.27. The van der Waals surface area contributed by atoms with Crippen molar-refractivity contribution in [2.24, 2.45) is 5.92 Å². The van der Waals surface area contributed by atoms with Crippen molar-refractivity contribution in [3.63, 3.8) is 0 Å². The van der Waals surface area contributed by atoms with Gasteiger partial charge in [0.15, 0.2) is 0 Å². The van der Waals surface area contributed by atoms with E-state index in [9.17, 15) is 4.79 Å². The highest BCUT2D eigenvalue weighted by Gasteiger charge is 2.35. The third-order valence-electron chi connectivity index (χ3n) is 7.22. The molecule has 1 aliphatic carbocycles. The Balaban J connectivity index is 1.37. The normalized spacial score (nSPS) is 24.7. The predicted octanol–water partition coefficient (Wildman–Crippen LogP) is 4.39. The second kappa shape index (κ2) is 7.80. The summed E-state index contributed by atoms with van der Waals surface area (Å²) in [5.74, 6) is 1.45. The summed E-state index contributed by atoms with van der Waals surface area (Å²) in [6.07, 6.45) is 7.39. The first kappa shape index (κ1) is 18.6. The standard InChI is InChI=1S/C25H29N3O/c26-13-18-5-4-6-19(11-18)14-27-15-20-12-22(17-27)24-10-9-23(25(29)28(24)16-20)21-7-2-1-3-8-21/h4-6,9-11,20-22H,1-3,7-8,12,14-17H2/t20-,22-/m1/s1. The van der Waals surface area contributed by atoms with Crippen LogP contribution in [-0.4, -0.2) is 22.6 Å². The maximum atomic E-state index is 13.3. The van der Waals surface area contributed by atoms with E-state index < -0.39 is 0 Å². The summed E-state index contributed by atoms with van der Waals surface area (Å²) in [4.78, 5) is 15.8. The van der Waals surface area contributed by atoms with Gasteiger partial charge in [-0.15, -0.1) is 0 Å². The number of aromatic nitrogens is 1. The van der Waals surface area contributed by atoms with Crippen molar-refractivity contribution in [1.29, 1.82) is 5.26 Å². The molecule has 1 aromatic carbocycles. The van der Waals surface area contributed by atoms with Crippen molar-refractivity contribution < 1.29 is 0 Å². The first-order chi connectivity index (χ1) is 14.2. The summed E-state index contributed by atoms with van der Waals surface area (Å²) >= 11 is 0. The molecule has 1 aromatic heterocycles. The van der Waals surface area contributed by atoms with E-state index in [4.69, 9.17) is 5.26 Å². The summed E-state index contributed by atoms with van der Waals surface area (Å²) in [6, 6.07) is 14.6. The molecule has 0 spiro atoms. The molecule has 2 atom stereocenters. The van der Waals surface area contributed by atoms with Gasteiger partial charge in [-0.3, -0.25) is 9.69 Å². The number of fused-ring (bicyclic) bond motifs is 4. The van der Waals surface area contributed by atoms with Gasteiger partial charge in [-0.25, -0.2) is 0 Å². The van der Waals surface area contributed by atoms with Crippen molar-refractivity contribution in [2.45, 2.75) is 63.5 Å². The number of likely N-dealkylation sites (tertiary alicyclic amines) is 1. The van der Waals surface area contributed by atoms with Crippen molar-refractivity contribution in [2.75, 3.05) is 13.1 Å². The maximum Gasteiger partial charge on any atom is 0.254 e. The molecule has 5 rings (SSSR count). The molecule has 1 saturated heterocycles. The maximum absolute atomic E-state index is 13.3. The number of hydrogen-bond acceptors (Lipinski definition) is 3. The van der Waals surface area contributed by atoms with E-state index in [1.807, 2.05) is 18.2 Å². The lowest BCUT2D eigenvalue weighted by Gasteiger charge is -2.43. The van der Waals surface area contributed by atoms with Crippen molar-refractivity contribution in [3.05, 3.63) is 69.1 Å². The summed E-state index contributed by atoms with van der Waals surface area (Å²) in [6.45, 7) is 3.77. The molecule has 0 N–H and O–H groups in total. The Labute approximate surface area is 172 Å². The van der Waals surface area contributed by atoms with E-state index in [-0.39, 0.29) is 0 Å². The van der Waals surface area contributed by atoms with Crippen LogP contribution in [0.15, 0.2) is 41.2 Å². The molecule has 0 amide bonds. The quantitative estimate of drug-likeness (QED) is 0.785. The average Bonchev–Trinajstić information content (AvgIpc) is 2.75. The van der Waals surface area contributed by atoms with Crippen LogP contribution in [0.2, 0.25) is 0 Å². The highest BCUT2D eigenvalue weighted by Crippen LogP contribution is 2.37. The van der Waals surface area contributed by atoms with E-state index in [2.05, 4.69) is 33.7 Å². The lowest BCUT2D eigenvalue weighted by Crippen LogP contribution is -2.47. The number of piperidine rings is 1. The van der Waals surface area contributed by atoms with Gasteiger partial charge in [0.05, 0.1) is 11.6 Å². The third-order valence-corrected chi connectivity index (χ3v) is 7.22. The molecule has 3 heterocycles. The summed E-state index contributed by atoms with van der Waals surface area (Å²) in [5, 5.41) is 9.15. The molecule has 2 aromatic rings. The van der Waals surface area contributed by atoms with Crippen LogP contribution in [0.3, 0.4) is 0 Å². The molecule has 2 bridgehead atoms. The SMILES string of the molecule is N#Cc1cccc(CN2C[C@H]3C[C@H](C2)c2ccc(C4CCCCC4)c(=O)n2C3)c1. The third kappa shape index (κ3) is 3.65. The minimum atomic E-state index is 0.291. The van der Waals surface area contributed by atoms with Gasteiger partial charge in [-0.2, -0.15) is 5.26 Å². The molecule has 150 valence electrons. The zero-order valence-corrected chi connectivity index (χ0v) is 17.0. The molecule has 4 nitrogen and oxygen atoms in total. The largest absolute Gasteiger partial charge is 0.312 e. The molecule has 3 aliphatic rings. The second-order valence-corrected chi connectivity index (χ2v) is 9.27. The molecule has 2 aliphatic heterocycles. The van der Waals surface area contributed by atoms with Crippen LogP contribution >= 0.6 is 0 Å². The van der Waals surface area contributed by atoms with Gasteiger partial charge in [0, 0.05) is 43.4 Å². The highest BCUT2D eigenvalue weighted by molar-refractivity contribution is 5.33. The predicted molar refractivity (Wildman–Crippen MR) is 114 cm³/mol. The van der Waals surface area contributed by atoms with Crippen LogP contribution in [0.25, 0.3) is 0 Å². The molecule has 4 heteroatoms. The van der Waals surface area contributed by atoms with Gasteiger partial charge >= 0.3 is 0 Å². The summed E-state index contributed by atoms with van der Waals surface area (Å²) < 4.78 is 2.12. The highest BCUT2D eigenvalue weighted by atomic mass is 16.1. The summed E-state index contributed by atoms with van der Waals surface area (Å²) in [7, 11) is 0. The van der Waals surface area contributed by atoms with Gasteiger partial charge in [-0.1, -0.05) is 37.5 Å². The zero-order chi connectivity index (χ0) is 19.8. The molecule has 0 radical (unpaired) electrons. The van der Waals surface area contributed by atoms with E-state index in [0.717, 1.165) is 37.3 Å². The molecule has 29 heavy (non-hydrogen) atoms. The molecular formula is C25H29N3O. The Morgan fingerprint density at radius 3 is 2.69 bits per heavy atom. The van der Waals surface area contributed by atoms with Gasteiger partial charge in [0.1, 0.15) is 0 Å². The molecular weight excluding hydrogens is 358 g/mol. The smallest absolute Gasteiger partial charge is 0.254 e. The van der Waals surface area contributed by atoms with Crippen LogP contribution in [0.1, 0.15) is 72.7 Å². The number of rotatable bonds is 3. The topological polar surface area (TPSA) is 49.0 Å². The van der Waals surface area contributed by atoms with Gasteiger partial charge in [0.2, 0.25) is 0 Å². The average molecular weight is 388 g/mol. The Morgan fingerprint density at radius 1 is 1.00 bits per heavy atom. The van der Waals surface area contributed by atoms with Crippen LogP contribution in [0, 0.1) is 17.2 Å². The minimum Gasteiger partial charge on any atom is -0.312 e. The minimum absolute atomic E-state index is 0.291. The van der Waals surface area contributed by atoms with Gasteiger partial charge in [-0.05, 0) is 54.9 Å². The Bertz CT molecular complexity index is 996. The number of hydrogen-bond donors (Lipinski definition) is 0. The van der Waals surface area contributed by atoms with Crippen molar-refractivity contribution >= 4 is 0 Å². The molecule has 0 unspecified atom stereocenters. The van der Waals surface area contributed by atoms with Crippen LogP contribution < -0.4 is 5.56 Å². The Kier molecular flexibility index (Phi) is 5.01. The van der Waals surface area contributed by atoms with E-state index in [0.29, 0.717) is 23.3 Å². The molecule has 1 saturated carbocycles.